The summed E-state index contributed by atoms with van der Waals surface area (Å²) in [4.78, 5) is 11.4. The molecular weight excluding hydrogens is 271 g/mol. The van der Waals surface area contributed by atoms with E-state index in [1.807, 2.05) is 26.0 Å². The van der Waals surface area contributed by atoms with Gasteiger partial charge in [-0.25, -0.2) is 0 Å². The molecule has 2 N–H and O–H groups in total. The summed E-state index contributed by atoms with van der Waals surface area (Å²) in [5.74, 6) is 0.0506. The fraction of sp³-hybridized carbons (Fsp3) is 0.462. The van der Waals surface area contributed by atoms with E-state index in [2.05, 4.69) is 10.6 Å². The van der Waals surface area contributed by atoms with Gasteiger partial charge in [0, 0.05) is 25.6 Å². The topological polar surface area (TPSA) is 41.1 Å². The number of hydrogen-bond acceptors (Lipinski definition) is 2. The first-order chi connectivity index (χ1) is 8.50. The van der Waals surface area contributed by atoms with E-state index in [0.717, 1.165) is 5.56 Å². The van der Waals surface area contributed by atoms with E-state index in [9.17, 15) is 4.79 Å². The molecule has 0 saturated heterocycles. The van der Waals surface area contributed by atoms with Crippen LogP contribution in [0.4, 0.5) is 0 Å². The molecule has 0 saturated carbocycles. The first-order valence-corrected chi connectivity index (χ1v) is 6.69. The van der Waals surface area contributed by atoms with Gasteiger partial charge in [0.1, 0.15) is 0 Å². The molecule has 0 aliphatic carbocycles. The van der Waals surface area contributed by atoms with E-state index < -0.39 is 0 Å². The minimum Gasteiger partial charge on any atom is -0.354 e. The molecule has 3 nitrogen and oxygen atoms in total. The highest BCUT2D eigenvalue weighted by Gasteiger charge is 2.05. The second kappa shape index (κ2) is 7.62. The van der Waals surface area contributed by atoms with Crippen molar-refractivity contribution < 1.29 is 4.79 Å². The Hall–Kier alpha value is -0.770. The highest BCUT2D eigenvalue weighted by atomic mass is 35.5. The Labute approximate surface area is 118 Å². The largest absolute Gasteiger partial charge is 0.354 e. The van der Waals surface area contributed by atoms with Crippen molar-refractivity contribution in [1.82, 2.24) is 10.6 Å². The van der Waals surface area contributed by atoms with Gasteiger partial charge in [0.25, 0.3) is 0 Å². The number of carbonyl (C=O) groups is 1. The van der Waals surface area contributed by atoms with Gasteiger partial charge in [-0.3, -0.25) is 4.79 Å². The van der Waals surface area contributed by atoms with Crippen LogP contribution in [0.3, 0.4) is 0 Å². The predicted octanol–water partition coefficient (Wildman–Crippen LogP) is 3.00. The van der Waals surface area contributed by atoms with Crippen LogP contribution in [0.5, 0.6) is 0 Å². The molecule has 0 heterocycles. The number of nitrogens with one attached hydrogen (secondary N) is 2. The number of carbonyl (C=O) groups excluding carboxylic acids is 1. The first-order valence-electron chi connectivity index (χ1n) is 5.93. The van der Waals surface area contributed by atoms with Crippen LogP contribution in [0.1, 0.15) is 25.8 Å². The van der Waals surface area contributed by atoms with E-state index in [0.29, 0.717) is 29.6 Å². The zero-order chi connectivity index (χ0) is 13.5. The van der Waals surface area contributed by atoms with Crippen LogP contribution in [-0.4, -0.2) is 18.5 Å². The van der Waals surface area contributed by atoms with Gasteiger partial charge in [-0.15, -0.1) is 0 Å². The molecule has 0 bridgehead atoms. The molecule has 1 aromatic rings. The Morgan fingerprint density at radius 2 is 2.06 bits per heavy atom. The minimum atomic E-state index is 0.0506. The van der Waals surface area contributed by atoms with Gasteiger partial charge in [-0.1, -0.05) is 35.3 Å². The van der Waals surface area contributed by atoms with Crippen LogP contribution in [-0.2, 0) is 11.3 Å². The van der Waals surface area contributed by atoms with Gasteiger partial charge in [-0.05, 0) is 25.5 Å². The van der Waals surface area contributed by atoms with Gasteiger partial charge in [0.2, 0.25) is 5.91 Å². The molecule has 1 amide bonds. The molecule has 0 unspecified atom stereocenters. The molecule has 0 aliphatic heterocycles. The fourth-order valence-electron chi connectivity index (χ4n) is 1.50. The highest BCUT2D eigenvalue weighted by Crippen LogP contribution is 2.25. The molecule has 0 atom stereocenters. The maximum atomic E-state index is 11.4. The highest BCUT2D eigenvalue weighted by molar-refractivity contribution is 6.42. The predicted molar refractivity (Wildman–Crippen MR) is 76.1 cm³/mol. The lowest BCUT2D eigenvalue weighted by Gasteiger charge is -2.09. The third kappa shape index (κ3) is 5.25. The Morgan fingerprint density at radius 3 is 2.72 bits per heavy atom. The van der Waals surface area contributed by atoms with E-state index in [-0.39, 0.29) is 11.9 Å². The van der Waals surface area contributed by atoms with Gasteiger partial charge >= 0.3 is 0 Å². The SMILES string of the molecule is CC(C)NC(=O)CCNCc1cccc(Cl)c1Cl. The molecule has 0 spiro atoms. The Kier molecular flexibility index (Phi) is 6.47. The quantitative estimate of drug-likeness (QED) is 0.790. The molecule has 1 rings (SSSR count). The zero-order valence-electron chi connectivity index (χ0n) is 10.6. The summed E-state index contributed by atoms with van der Waals surface area (Å²) in [5, 5.41) is 7.12. The van der Waals surface area contributed by atoms with Crippen LogP contribution >= 0.6 is 23.2 Å². The Bertz CT molecular complexity index is 408. The molecule has 0 aromatic heterocycles. The lowest BCUT2D eigenvalue weighted by atomic mass is 10.2. The van der Waals surface area contributed by atoms with Crippen molar-refractivity contribution in [2.75, 3.05) is 6.54 Å². The van der Waals surface area contributed by atoms with E-state index in [1.54, 1.807) is 6.07 Å². The first kappa shape index (κ1) is 15.3. The van der Waals surface area contributed by atoms with E-state index in [4.69, 9.17) is 23.2 Å². The Balaban J connectivity index is 2.30. The summed E-state index contributed by atoms with van der Waals surface area (Å²) in [6.07, 6.45) is 0.455. The normalized spacial score (nSPS) is 10.7. The maximum absolute atomic E-state index is 11.4. The number of rotatable bonds is 6. The summed E-state index contributed by atoms with van der Waals surface area (Å²) in [7, 11) is 0. The molecule has 100 valence electrons. The maximum Gasteiger partial charge on any atom is 0.221 e. The van der Waals surface area contributed by atoms with Crippen molar-refractivity contribution in [3.05, 3.63) is 33.8 Å². The molecular formula is C13H18Cl2N2O. The number of hydrogen-bond donors (Lipinski definition) is 2. The summed E-state index contributed by atoms with van der Waals surface area (Å²) < 4.78 is 0. The summed E-state index contributed by atoms with van der Waals surface area (Å²) in [6.45, 7) is 5.10. The average molecular weight is 289 g/mol. The van der Waals surface area contributed by atoms with Crippen LogP contribution < -0.4 is 10.6 Å². The second-order valence-corrected chi connectivity index (χ2v) is 5.15. The van der Waals surface area contributed by atoms with Crippen LogP contribution in [0.15, 0.2) is 18.2 Å². The fourth-order valence-corrected chi connectivity index (χ4v) is 1.89. The van der Waals surface area contributed by atoms with Crippen LogP contribution in [0.25, 0.3) is 0 Å². The van der Waals surface area contributed by atoms with Gasteiger partial charge < -0.3 is 10.6 Å². The van der Waals surface area contributed by atoms with Gasteiger partial charge in [0.15, 0.2) is 0 Å². The van der Waals surface area contributed by atoms with Crippen molar-refractivity contribution in [2.45, 2.75) is 32.9 Å². The second-order valence-electron chi connectivity index (χ2n) is 4.36. The molecule has 1 aromatic carbocycles. The van der Waals surface area contributed by atoms with Crippen LogP contribution in [0, 0.1) is 0 Å². The summed E-state index contributed by atoms with van der Waals surface area (Å²) in [6, 6.07) is 5.70. The molecule has 18 heavy (non-hydrogen) atoms. The van der Waals surface area contributed by atoms with Crippen LogP contribution in [0.2, 0.25) is 10.0 Å². The third-order valence-electron chi connectivity index (χ3n) is 2.33. The zero-order valence-corrected chi connectivity index (χ0v) is 12.1. The summed E-state index contributed by atoms with van der Waals surface area (Å²) >= 11 is 12.0. The lowest BCUT2D eigenvalue weighted by Crippen LogP contribution is -2.32. The van der Waals surface area contributed by atoms with Crippen molar-refractivity contribution in [2.24, 2.45) is 0 Å². The van der Waals surface area contributed by atoms with Crippen molar-refractivity contribution in [3.63, 3.8) is 0 Å². The van der Waals surface area contributed by atoms with Crippen molar-refractivity contribution in [3.8, 4) is 0 Å². The third-order valence-corrected chi connectivity index (χ3v) is 3.18. The van der Waals surface area contributed by atoms with Crippen molar-refractivity contribution >= 4 is 29.1 Å². The lowest BCUT2D eigenvalue weighted by molar-refractivity contribution is -0.121. The minimum absolute atomic E-state index is 0.0506. The monoisotopic (exact) mass is 288 g/mol. The standard InChI is InChI=1S/C13H18Cl2N2O/c1-9(2)17-12(18)6-7-16-8-10-4-3-5-11(14)13(10)15/h3-5,9,16H,6-8H2,1-2H3,(H,17,18). The molecule has 0 aliphatic rings. The number of amides is 1. The number of halogens is 2. The van der Waals surface area contributed by atoms with E-state index >= 15 is 0 Å². The smallest absolute Gasteiger partial charge is 0.221 e. The average Bonchev–Trinajstić information content (AvgIpc) is 2.29. The molecule has 0 radical (unpaired) electrons. The Morgan fingerprint density at radius 1 is 1.33 bits per heavy atom. The molecule has 0 fully saturated rings. The summed E-state index contributed by atoms with van der Waals surface area (Å²) in [5.41, 5.74) is 0.938. The molecule has 5 heteroatoms. The number of benzene rings is 1. The van der Waals surface area contributed by atoms with Gasteiger partial charge in [0.05, 0.1) is 10.0 Å². The van der Waals surface area contributed by atoms with Crippen molar-refractivity contribution in [1.29, 1.82) is 0 Å². The van der Waals surface area contributed by atoms with E-state index in [1.165, 1.54) is 0 Å². The van der Waals surface area contributed by atoms with Gasteiger partial charge in [-0.2, -0.15) is 0 Å².